The number of nitrogens with zero attached hydrogens (tertiary/aromatic N) is 3. The summed E-state index contributed by atoms with van der Waals surface area (Å²) < 4.78 is 4.27. The number of para-hydroxylation sites is 2. The SMILES string of the molecule is CC1(Sc2ccccc2[N+](=O)[O-])CCCC/C1=N\Sc1ccccc1[N+](=O)[O-]. The molecule has 0 heterocycles. The van der Waals surface area contributed by atoms with Crippen molar-refractivity contribution in [3.63, 3.8) is 0 Å². The van der Waals surface area contributed by atoms with Crippen molar-refractivity contribution in [3.8, 4) is 0 Å². The van der Waals surface area contributed by atoms with Crippen LogP contribution in [0.2, 0.25) is 0 Å². The molecule has 2 aromatic carbocycles. The van der Waals surface area contributed by atoms with Gasteiger partial charge in [0.2, 0.25) is 0 Å². The lowest BCUT2D eigenvalue weighted by Crippen LogP contribution is -2.34. The Labute approximate surface area is 171 Å². The zero-order chi connectivity index (χ0) is 20.1. The Bertz CT molecular complexity index is 935. The minimum Gasteiger partial charge on any atom is -0.258 e. The first-order chi connectivity index (χ1) is 13.4. The molecule has 0 amide bonds. The van der Waals surface area contributed by atoms with E-state index in [1.807, 2.05) is 6.92 Å². The highest BCUT2D eigenvalue weighted by molar-refractivity contribution is 8.02. The monoisotopic (exact) mass is 417 g/mol. The van der Waals surface area contributed by atoms with Gasteiger partial charge >= 0.3 is 0 Å². The Morgan fingerprint density at radius 2 is 1.50 bits per heavy atom. The molecule has 1 fully saturated rings. The fourth-order valence-electron chi connectivity index (χ4n) is 3.14. The van der Waals surface area contributed by atoms with Crippen molar-refractivity contribution in [2.75, 3.05) is 0 Å². The van der Waals surface area contributed by atoms with Crippen LogP contribution in [0.4, 0.5) is 11.4 Å². The van der Waals surface area contributed by atoms with E-state index in [0.717, 1.165) is 43.3 Å². The molecule has 0 spiro atoms. The fraction of sp³-hybridized carbons (Fsp3) is 0.316. The van der Waals surface area contributed by atoms with E-state index in [2.05, 4.69) is 4.40 Å². The van der Waals surface area contributed by atoms with Crippen LogP contribution in [0.5, 0.6) is 0 Å². The molecule has 1 atom stereocenters. The van der Waals surface area contributed by atoms with E-state index in [1.54, 1.807) is 36.4 Å². The molecular weight excluding hydrogens is 398 g/mol. The van der Waals surface area contributed by atoms with Crippen LogP contribution in [0.15, 0.2) is 62.7 Å². The van der Waals surface area contributed by atoms with Gasteiger partial charge in [-0.1, -0.05) is 30.7 Å². The second-order valence-electron chi connectivity index (χ2n) is 6.62. The number of hydrogen-bond donors (Lipinski definition) is 0. The van der Waals surface area contributed by atoms with Crippen molar-refractivity contribution < 1.29 is 9.85 Å². The molecule has 0 saturated heterocycles. The van der Waals surface area contributed by atoms with Gasteiger partial charge in [0.25, 0.3) is 11.4 Å². The third kappa shape index (κ3) is 4.53. The minimum absolute atomic E-state index is 0.0284. The zero-order valence-corrected chi connectivity index (χ0v) is 16.9. The number of thioether (sulfide) groups is 1. The van der Waals surface area contributed by atoms with Crippen LogP contribution in [0.1, 0.15) is 32.6 Å². The molecule has 0 radical (unpaired) electrons. The van der Waals surface area contributed by atoms with Crippen molar-refractivity contribution in [2.45, 2.75) is 47.1 Å². The summed E-state index contributed by atoms with van der Waals surface area (Å²) in [5.74, 6) is 0. The van der Waals surface area contributed by atoms with E-state index in [-0.39, 0.29) is 21.0 Å². The van der Waals surface area contributed by atoms with Crippen LogP contribution in [0, 0.1) is 20.2 Å². The van der Waals surface area contributed by atoms with E-state index in [4.69, 9.17) is 0 Å². The van der Waals surface area contributed by atoms with Crippen molar-refractivity contribution in [3.05, 3.63) is 68.8 Å². The molecule has 7 nitrogen and oxygen atoms in total. The normalized spacial score (nSPS) is 20.8. The maximum Gasteiger partial charge on any atom is 0.284 e. The van der Waals surface area contributed by atoms with Gasteiger partial charge in [-0.05, 0) is 38.3 Å². The van der Waals surface area contributed by atoms with E-state index in [9.17, 15) is 20.2 Å². The van der Waals surface area contributed by atoms with Crippen LogP contribution >= 0.6 is 23.7 Å². The molecule has 146 valence electrons. The van der Waals surface area contributed by atoms with Crippen LogP contribution in [0.25, 0.3) is 0 Å². The van der Waals surface area contributed by atoms with Crippen molar-refractivity contribution in [1.29, 1.82) is 0 Å². The molecule has 1 unspecified atom stereocenters. The van der Waals surface area contributed by atoms with Crippen LogP contribution < -0.4 is 0 Å². The fourth-order valence-corrected chi connectivity index (χ4v) is 5.47. The second-order valence-corrected chi connectivity index (χ2v) is 8.97. The molecule has 2 aromatic rings. The third-order valence-electron chi connectivity index (χ3n) is 4.64. The van der Waals surface area contributed by atoms with E-state index >= 15 is 0 Å². The van der Waals surface area contributed by atoms with Gasteiger partial charge < -0.3 is 0 Å². The number of nitro benzene ring substituents is 2. The average molecular weight is 418 g/mol. The maximum atomic E-state index is 11.4. The summed E-state index contributed by atoms with van der Waals surface area (Å²) in [7, 11) is 0. The van der Waals surface area contributed by atoms with Gasteiger partial charge in [0, 0.05) is 29.8 Å². The quantitative estimate of drug-likeness (QED) is 0.321. The number of hydrogen-bond acceptors (Lipinski definition) is 7. The standard InChI is InChI=1S/C19H19N3O4S2/c1-19(27-16-10-4-2-8-14(16)21(23)24)13-7-6-12-18(19)20-28-17-11-5-3-9-15(17)22(25)26/h2-5,8-11H,6-7,12-13H2,1H3/b20-18+. The summed E-state index contributed by atoms with van der Waals surface area (Å²) in [4.78, 5) is 22.9. The van der Waals surface area contributed by atoms with E-state index < -0.39 is 4.92 Å². The van der Waals surface area contributed by atoms with Gasteiger partial charge in [0.15, 0.2) is 0 Å². The van der Waals surface area contributed by atoms with E-state index in [0.29, 0.717) is 9.79 Å². The Morgan fingerprint density at radius 3 is 2.14 bits per heavy atom. The summed E-state index contributed by atoms with van der Waals surface area (Å²) in [6.45, 7) is 2.05. The van der Waals surface area contributed by atoms with Crippen LogP contribution in [-0.4, -0.2) is 20.3 Å². The Balaban J connectivity index is 1.89. The summed E-state index contributed by atoms with van der Waals surface area (Å²) in [5.41, 5.74) is 1.04. The van der Waals surface area contributed by atoms with Crippen molar-refractivity contribution >= 4 is 40.8 Å². The minimum atomic E-state index is -0.412. The topological polar surface area (TPSA) is 98.6 Å². The zero-order valence-electron chi connectivity index (χ0n) is 15.2. The molecule has 0 bridgehead atoms. The summed E-state index contributed by atoms with van der Waals surface area (Å²) in [6, 6.07) is 13.2. The van der Waals surface area contributed by atoms with Gasteiger partial charge in [-0.3, -0.25) is 20.2 Å². The lowest BCUT2D eigenvalue weighted by Gasteiger charge is -2.34. The first-order valence-corrected chi connectivity index (χ1v) is 10.4. The van der Waals surface area contributed by atoms with Crippen LogP contribution in [0.3, 0.4) is 0 Å². The molecule has 1 aliphatic carbocycles. The second kappa shape index (κ2) is 8.74. The highest BCUT2D eigenvalue weighted by Gasteiger charge is 2.36. The van der Waals surface area contributed by atoms with Gasteiger partial charge in [-0.15, -0.1) is 11.8 Å². The van der Waals surface area contributed by atoms with Gasteiger partial charge in [-0.25, -0.2) is 4.40 Å². The largest absolute Gasteiger partial charge is 0.284 e. The first-order valence-electron chi connectivity index (χ1n) is 8.81. The van der Waals surface area contributed by atoms with Gasteiger partial charge in [0.05, 0.1) is 19.5 Å². The summed E-state index contributed by atoms with van der Waals surface area (Å²) >= 11 is 2.56. The molecule has 28 heavy (non-hydrogen) atoms. The number of nitro groups is 2. The average Bonchev–Trinajstić information content (AvgIpc) is 2.67. The predicted molar refractivity (Wildman–Crippen MR) is 112 cm³/mol. The van der Waals surface area contributed by atoms with E-state index in [1.165, 1.54) is 23.9 Å². The van der Waals surface area contributed by atoms with Crippen LogP contribution in [-0.2, 0) is 0 Å². The number of rotatable bonds is 6. The lowest BCUT2D eigenvalue weighted by atomic mass is 9.88. The lowest BCUT2D eigenvalue weighted by molar-refractivity contribution is -0.387. The number of benzene rings is 2. The molecule has 0 aliphatic heterocycles. The maximum absolute atomic E-state index is 11.4. The molecule has 3 rings (SSSR count). The molecule has 1 saturated carbocycles. The predicted octanol–water partition coefficient (Wildman–Crippen LogP) is 6.08. The highest BCUT2D eigenvalue weighted by Crippen LogP contribution is 2.45. The summed E-state index contributed by atoms with van der Waals surface area (Å²) in [6.07, 6.45) is 3.63. The first kappa shape index (κ1) is 20.3. The molecule has 0 N–H and O–H groups in total. The Morgan fingerprint density at radius 1 is 0.929 bits per heavy atom. The molecule has 1 aliphatic rings. The van der Waals surface area contributed by atoms with Gasteiger partial charge in [0.1, 0.15) is 4.90 Å². The smallest absolute Gasteiger partial charge is 0.258 e. The molecule has 9 heteroatoms. The highest BCUT2D eigenvalue weighted by atomic mass is 32.2. The third-order valence-corrected chi connectivity index (χ3v) is 6.95. The van der Waals surface area contributed by atoms with Crippen molar-refractivity contribution in [2.24, 2.45) is 4.40 Å². The van der Waals surface area contributed by atoms with Crippen molar-refractivity contribution in [1.82, 2.24) is 0 Å². The Hall–Kier alpha value is -2.39. The Kier molecular flexibility index (Phi) is 6.35. The molecule has 0 aromatic heterocycles. The van der Waals surface area contributed by atoms with Gasteiger partial charge in [-0.2, -0.15) is 0 Å². The summed E-state index contributed by atoms with van der Waals surface area (Å²) in [5, 5.41) is 22.6. The molecular formula is C19H19N3O4S2.